The van der Waals surface area contributed by atoms with Crippen LogP contribution < -0.4 is 0 Å². The summed E-state index contributed by atoms with van der Waals surface area (Å²) in [7, 11) is 1.91. The number of esters is 1. The molecule has 2 rings (SSSR count). The van der Waals surface area contributed by atoms with Gasteiger partial charge in [-0.05, 0) is 39.8 Å². The number of carbonyl (C=O) groups excluding carboxylic acids is 1. The highest BCUT2D eigenvalue weighted by molar-refractivity contribution is 5.91. The molecule has 0 N–H and O–H groups in total. The van der Waals surface area contributed by atoms with Crippen LogP contribution in [-0.2, 0) is 11.8 Å². The molecule has 0 saturated heterocycles. The first-order valence-electron chi connectivity index (χ1n) is 6.61. The number of ether oxygens (including phenoxy) is 1. The van der Waals surface area contributed by atoms with Gasteiger partial charge in [0.1, 0.15) is 0 Å². The third kappa shape index (κ3) is 2.43. The highest BCUT2D eigenvalue weighted by Gasteiger charge is 2.16. The number of aromatic nitrogens is 3. The summed E-state index contributed by atoms with van der Waals surface area (Å²) in [4.78, 5) is 16.3. The predicted octanol–water partition coefficient (Wildman–Crippen LogP) is 2.58. The number of rotatable bonds is 3. The summed E-state index contributed by atoms with van der Waals surface area (Å²) in [6.45, 7) is 7.93. The van der Waals surface area contributed by atoms with E-state index in [4.69, 9.17) is 4.74 Å². The maximum absolute atomic E-state index is 11.8. The second-order valence-electron chi connectivity index (χ2n) is 4.72. The van der Waals surface area contributed by atoms with E-state index in [0.717, 1.165) is 22.6 Å². The van der Waals surface area contributed by atoms with Crippen molar-refractivity contribution >= 4 is 5.97 Å². The molecule has 0 aliphatic heterocycles. The molecule has 2 aromatic heterocycles. The van der Waals surface area contributed by atoms with E-state index in [0.29, 0.717) is 17.9 Å². The van der Waals surface area contributed by atoms with Gasteiger partial charge in [0, 0.05) is 18.3 Å². The largest absolute Gasteiger partial charge is 0.462 e. The van der Waals surface area contributed by atoms with Gasteiger partial charge in [0.25, 0.3) is 0 Å². The zero-order valence-electron chi connectivity index (χ0n) is 12.5. The zero-order chi connectivity index (χ0) is 14.9. The normalized spacial score (nSPS) is 10.7. The fourth-order valence-corrected chi connectivity index (χ4v) is 2.27. The molecular weight excluding hydrogens is 254 g/mol. The van der Waals surface area contributed by atoms with Crippen LogP contribution in [0.3, 0.4) is 0 Å². The Morgan fingerprint density at radius 3 is 2.45 bits per heavy atom. The molecule has 0 aliphatic rings. The van der Waals surface area contributed by atoms with Crippen LogP contribution in [0.25, 0.3) is 11.3 Å². The van der Waals surface area contributed by atoms with Crippen molar-refractivity contribution < 1.29 is 9.53 Å². The Morgan fingerprint density at radius 1 is 1.25 bits per heavy atom. The molecule has 5 nitrogen and oxygen atoms in total. The molecular formula is C15H19N3O2. The Hall–Kier alpha value is -2.17. The molecule has 0 fully saturated rings. The van der Waals surface area contributed by atoms with Gasteiger partial charge in [-0.1, -0.05) is 0 Å². The minimum Gasteiger partial charge on any atom is -0.462 e. The quantitative estimate of drug-likeness (QED) is 0.806. The summed E-state index contributed by atoms with van der Waals surface area (Å²) in [5.74, 6) is -0.330. The Labute approximate surface area is 118 Å². The Bertz CT molecular complexity index is 659. The molecule has 0 unspecified atom stereocenters. The summed E-state index contributed by atoms with van der Waals surface area (Å²) in [6.07, 6.45) is 0. The molecule has 0 radical (unpaired) electrons. The first-order chi connectivity index (χ1) is 9.45. The van der Waals surface area contributed by atoms with Gasteiger partial charge in [0.15, 0.2) is 0 Å². The molecule has 0 spiro atoms. The zero-order valence-corrected chi connectivity index (χ0v) is 12.5. The van der Waals surface area contributed by atoms with E-state index in [9.17, 15) is 4.79 Å². The number of hydrogen-bond acceptors (Lipinski definition) is 4. The van der Waals surface area contributed by atoms with Crippen molar-refractivity contribution in [1.29, 1.82) is 0 Å². The van der Waals surface area contributed by atoms with E-state index in [-0.39, 0.29) is 5.97 Å². The van der Waals surface area contributed by atoms with Crippen LogP contribution in [0.2, 0.25) is 0 Å². The van der Waals surface area contributed by atoms with Crippen molar-refractivity contribution in [2.75, 3.05) is 6.61 Å². The summed E-state index contributed by atoms with van der Waals surface area (Å²) < 4.78 is 6.84. The monoisotopic (exact) mass is 273 g/mol. The fourth-order valence-electron chi connectivity index (χ4n) is 2.27. The second-order valence-corrected chi connectivity index (χ2v) is 4.72. The average Bonchev–Trinajstić information content (AvgIpc) is 2.63. The molecule has 0 amide bonds. The Balaban J connectivity index is 2.46. The van der Waals surface area contributed by atoms with Crippen molar-refractivity contribution in [3.05, 3.63) is 34.8 Å². The van der Waals surface area contributed by atoms with Gasteiger partial charge in [0.2, 0.25) is 0 Å². The van der Waals surface area contributed by atoms with Crippen molar-refractivity contribution in [2.24, 2.45) is 7.05 Å². The molecule has 0 atom stereocenters. The van der Waals surface area contributed by atoms with Gasteiger partial charge in [-0.2, -0.15) is 5.10 Å². The number of pyridine rings is 1. The molecule has 5 heteroatoms. The van der Waals surface area contributed by atoms with Crippen molar-refractivity contribution in [2.45, 2.75) is 27.7 Å². The molecule has 20 heavy (non-hydrogen) atoms. The number of nitrogens with zero attached hydrogens (tertiary/aromatic N) is 3. The van der Waals surface area contributed by atoms with Crippen LogP contribution in [0.1, 0.15) is 34.4 Å². The van der Waals surface area contributed by atoms with E-state index in [2.05, 4.69) is 10.1 Å². The number of hydrogen-bond donors (Lipinski definition) is 0. The first-order valence-corrected chi connectivity index (χ1v) is 6.61. The van der Waals surface area contributed by atoms with Crippen molar-refractivity contribution in [1.82, 2.24) is 14.8 Å². The predicted molar refractivity (Wildman–Crippen MR) is 76.6 cm³/mol. The summed E-state index contributed by atoms with van der Waals surface area (Å²) >= 11 is 0. The van der Waals surface area contributed by atoms with Gasteiger partial charge in [-0.15, -0.1) is 0 Å². The standard InChI is InChI=1S/C15H19N3O2/c1-6-20-15(19)12-7-8-13(16-9(12)2)14-10(3)17-18(5)11(14)4/h7-8H,6H2,1-5H3. The summed E-state index contributed by atoms with van der Waals surface area (Å²) in [5.41, 5.74) is 5.02. The Morgan fingerprint density at radius 2 is 1.95 bits per heavy atom. The first kappa shape index (κ1) is 14.2. The van der Waals surface area contributed by atoms with Gasteiger partial charge in [0.05, 0.1) is 29.3 Å². The van der Waals surface area contributed by atoms with E-state index in [1.807, 2.05) is 38.6 Å². The van der Waals surface area contributed by atoms with Gasteiger partial charge >= 0.3 is 5.97 Å². The lowest BCUT2D eigenvalue weighted by atomic mass is 10.1. The SMILES string of the molecule is CCOC(=O)c1ccc(-c2c(C)nn(C)c2C)nc1C. The molecule has 2 aromatic rings. The summed E-state index contributed by atoms with van der Waals surface area (Å²) in [6, 6.07) is 3.61. The average molecular weight is 273 g/mol. The van der Waals surface area contributed by atoms with Crippen LogP contribution in [0, 0.1) is 20.8 Å². The Kier molecular flexibility index (Phi) is 3.88. The van der Waals surface area contributed by atoms with Crippen molar-refractivity contribution in [3.8, 4) is 11.3 Å². The highest BCUT2D eigenvalue weighted by atomic mass is 16.5. The smallest absolute Gasteiger partial charge is 0.339 e. The number of aryl methyl sites for hydroxylation is 3. The minimum atomic E-state index is -0.330. The van der Waals surface area contributed by atoms with Crippen molar-refractivity contribution in [3.63, 3.8) is 0 Å². The molecule has 2 heterocycles. The van der Waals surface area contributed by atoms with Crippen LogP contribution >= 0.6 is 0 Å². The van der Waals surface area contributed by atoms with E-state index in [1.54, 1.807) is 13.0 Å². The maximum atomic E-state index is 11.8. The molecule has 106 valence electrons. The van der Waals surface area contributed by atoms with Gasteiger partial charge < -0.3 is 4.74 Å². The molecule has 0 bridgehead atoms. The maximum Gasteiger partial charge on any atom is 0.339 e. The molecule has 0 aromatic carbocycles. The van der Waals surface area contributed by atoms with Crippen LogP contribution in [0.15, 0.2) is 12.1 Å². The minimum absolute atomic E-state index is 0.330. The van der Waals surface area contributed by atoms with Crippen LogP contribution in [0.5, 0.6) is 0 Å². The van der Waals surface area contributed by atoms with E-state index < -0.39 is 0 Å². The number of carbonyl (C=O) groups is 1. The molecule has 0 aliphatic carbocycles. The van der Waals surface area contributed by atoms with Gasteiger partial charge in [-0.3, -0.25) is 9.67 Å². The fraction of sp³-hybridized carbons (Fsp3) is 0.400. The lowest BCUT2D eigenvalue weighted by molar-refractivity contribution is 0.0525. The topological polar surface area (TPSA) is 57.0 Å². The molecule has 0 saturated carbocycles. The second kappa shape index (κ2) is 5.45. The lowest BCUT2D eigenvalue weighted by Gasteiger charge is -2.07. The van der Waals surface area contributed by atoms with E-state index >= 15 is 0 Å². The third-order valence-corrected chi connectivity index (χ3v) is 3.35. The summed E-state index contributed by atoms with van der Waals surface area (Å²) in [5, 5.41) is 4.39. The lowest BCUT2D eigenvalue weighted by Crippen LogP contribution is -2.08. The highest BCUT2D eigenvalue weighted by Crippen LogP contribution is 2.25. The van der Waals surface area contributed by atoms with Crippen LogP contribution in [-0.4, -0.2) is 27.3 Å². The third-order valence-electron chi connectivity index (χ3n) is 3.35. The van der Waals surface area contributed by atoms with Crippen LogP contribution in [0.4, 0.5) is 0 Å². The van der Waals surface area contributed by atoms with E-state index in [1.165, 1.54) is 0 Å². The van der Waals surface area contributed by atoms with Gasteiger partial charge in [-0.25, -0.2) is 4.79 Å².